The van der Waals surface area contributed by atoms with Gasteiger partial charge in [-0.1, -0.05) is 18.2 Å². The van der Waals surface area contributed by atoms with Crippen molar-refractivity contribution in [3.63, 3.8) is 0 Å². The molecule has 94 valence electrons. The summed E-state index contributed by atoms with van der Waals surface area (Å²) in [5.74, 6) is -0.149. The molecule has 1 fully saturated rings. The summed E-state index contributed by atoms with van der Waals surface area (Å²) in [7, 11) is 1.86. The van der Waals surface area contributed by atoms with Crippen LogP contribution in [-0.2, 0) is 4.74 Å². The number of hydrogen-bond acceptors (Lipinski definition) is 3. The molecule has 0 radical (unpaired) electrons. The normalized spacial score (nSPS) is 22.4. The van der Waals surface area contributed by atoms with Crippen LogP contribution in [0.5, 0.6) is 0 Å². The van der Waals surface area contributed by atoms with Gasteiger partial charge in [0.2, 0.25) is 0 Å². The molecule has 1 saturated heterocycles. The van der Waals surface area contributed by atoms with Gasteiger partial charge in [-0.3, -0.25) is 0 Å². The molecule has 0 saturated carbocycles. The summed E-state index contributed by atoms with van der Waals surface area (Å²) in [6.07, 6.45) is 0.831. The van der Waals surface area contributed by atoms with Crippen molar-refractivity contribution in [3.05, 3.63) is 35.6 Å². The largest absolute Gasteiger partial charge is 0.379 e. The van der Waals surface area contributed by atoms with Gasteiger partial charge in [-0.05, 0) is 19.5 Å². The summed E-state index contributed by atoms with van der Waals surface area (Å²) in [5.41, 5.74) is 0.724. The summed E-state index contributed by atoms with van der Waals surface area (Å²) < 4.78 is 19.1. The van der Waals surface area contributed by atoms with Crippen molar-refractivity contribution in [3.8, 4) is 0 Å². The Balaban J connectivity index is 2.03. The first-order valence-corrected chi connectivity index (χ1v) is 6.04. The molecule has 0 spiro atoms. The number of rotatable bonds is 4. The zero-order valence-corrected chi connectivity index (χ0v) is 10.1. The Labute approximate surface area is 101 Å². The zero-order valence-electron chi connectivity index (χ0n) is 10.1. The maximum absolute atomic E-state index is 13.7. The van der Waals surface area contributed by atoms with E-state index in [1.807, 2.05) is 19.2 Å². The van der Waals surface area contributed by atoms with E-state index in [9.17, 15) is 4.39 Å². The second kappa shape index (κ2) is 6.10. The first kappa shape index (κ1) is 12.5. The van der Waals surface area contributed by atoms with Crippen molar-refractivity contribution in [1.82, 2.24) is 10.6 Å². The lowest BCUT2D eigenvalue weighted by molar-refractivity contribution is 0.0707. The fourth-order valence-corrected chi connectivity index (χ4v) is 2.21. The van der Waals surface area contributed by atoms with Crippen LogP contribution in [0.25, 0.3) is 0 Å². The Morgan fingerprint density at radius 1 is 1.53 bits per heavy atom. The SMILES string of the molecule is CNC(CC1COCCN1)c1ccccc1F. The van der Waals surface area contributed by atoms with Crippen molar-refractivity contribution in [2.24, 2.45) is 0 Å². The third kappa shape index (κ3) is 3.25. The molecule has 2 rings (SSSR count). The van der Waals surface area contributed by atoms with Crippen LogP contribution in [0.3, 0.4) is 0 Å². The van der Waals surface area contributed by atoms with E-state index < -0.39 is 0 Å². The van der Waals surface area contributed by atoms with E-state index in [1.54, 1.807) is 6.07 Å². The number of ether oxygens (including phenoxy) is 1. The molecule has 1 aliphatic rings. The van der Waals surface area contributed by atoms with E-state index in [4.69, 9.17) is 4.74 Å². The van der Waals surface area contributed by atoms with Gasteiger partial charge in [-0.2, -0.15) is 0 Å². The van der Waals surface area contributed by atoms with E-state index in [2.05, 4.69) is 10.6 Å². The van der Waals surface area contributed by atoms with Crippen LogP contribution in [0.2, 0.25) is 0 Å². The van der Waals surface area contributed by atoms with Gasteiger partial charge in [-0.25, -0.2) is 4.39 Å². The fraction of sp³-hybridized carbons (Fsp3) is 0.538. The van der Waals surface area contributed by atoms with Crippen molar-refractivity contribution in [1.29, 1.82) is 0 Å². The van der Waals surface area contributed by atoms with Gasteiger partial charge >= 0.3 is 0 Å². The van der Waals surface area contributed by atoms with E-state index in [0.29, 0.717) is 12.6 Å². The lowest BCUT2D eigenvalue weighted by Gasteiger charge is -2.28. The smallest absolute Gasteiger partial charge is 0.127 e. The highest BCUT2D eigenvalue weighted by Crippen LogP contribution is 2.21. The van der Waals surface area contributed by atoms with Crippen molar-refractivity contribution in [2.75, 3.05) is 26.8 Å². The lowest BCUT2D eigenvalue weighted by Crippen LogP contribution is -2.43. The Hall–Kier alpha value is -0.970. The van der Waals surface area contributed by atoms with Gasteiger partial charge in [0.1, 0.15) is 5.82 Å². The van der Waals surface area contributed by atoms with E-state index in [-0.39, 0.29) is 11.9 Å². The summed E-state index contributed by atoms with van der Waals surface area (Å²) in [6, 6.07) is 7.24. The second-order valence-electron chi connectivity index (χ2n) is 4.32. The minimum absolute atomic E-state index is 0.0235. The maximum Gasteiger partial charge on any atom is 0.127 e. The molecule has 2 atom stereocenters. The topological polar surface area (TPSA) is 33.3 Å². The fourth-order valence-electron chi connectivity index (χ4n) is 2.21. The van der Waals surface area contributed by atoms with Crippen LogP contribution in [-0.4, -0.2) is 32.8 Å². The molecule has 17 heavy (non-hydrogen) atoms. The molecular formula is C13H19FN2O. The number of benzene rings is 1. The van der Waals surface area contributed by atoms with Crippen molar-refractivity contribution in [2.45, 2.75) is 18.5 Å². The predicted molar refractivity (Wildman–Crippen MR) is 65.4 cm³/mol. The van der Waals surface area contributed by atoms with Crippen LogP contribution in [0.1, 0.15) is 18.0 Å². The van der Waals surface area contributed by atoms with E-state index >= 15 is 0 Å². The molecule has 1 aliphatic heterocycles. The van der Waals surface area contributed by atoms with Gasteiger partial charge < -0.3 is 15.4 Å². The first-order chi connectivity index (χ1) is 8.31. The van der Waals surface area contributed by atoms with E-state index in [1.165, 1.54) is 6.07 Å². The Morgan fingerprint density at radius 2 is 2.35 bits per heavy atom. The van der Waals surface area contributed by atoms with Crippen LogP contribution >= 0.6 is 0 Å². The maximum atomic E-state index is 13.7. The third-order valence-electron chi connectivity index (χ3n) is 3.15. The van der Waals surface area contributed by atoms with Gasteiger partial charge in [0.15, 0.2) is 0 Å². The minimum Gasteiger partial charge on any atom is -0.379 e. The van der Waals surface area contributed by atoms with Crippen molar-refractivity contribution >= 4 is 0 Å². The van der Waals surface area contributed by atoms with Gasteiger partial charge in [-0.15, -0.1) is 0 Å². The first-order valence-electron chi connectivity index (χ1n) is 6.04. The minimum atomic E-state index is -0.149. The van der Waals surface area contributed by atoms with E-state index in [0.717, 1.165) is 25.1 Å². The highest BCUT2D eigenvalue weighted by Gasteiger charge is 2.20. The number of hydrogen-bond donors (Lipinski definition) is 2. The standard InChI is InChI=1S/C13H19FN2O/c1-15-13(8-10-9-17-7-6-16-10)11-4-2-3-5-12(11)14/h2-5,10,13,15-16H,6-9H2,1H3. The number of morpholine rings is 1. The summed E-state index contributed by atoms with van der Waals surface area (Å²) >= 11 is 0. The van der Waals surface area contributed by atoms with Crippen LogP contribution in [0, 0.1) is 5.82 Å². The van der Waals surface area contributed by atoms with Crippen molar-refractivity contribution < 1.29 is 9.13 Å². The molecule has 2 unspecified atom stereocenters. The predicted octanol–water partition coefficient (Wildman–Crippen LogP) is 1.46. The molecule has 1 aromatic rings. The molecule has 2 N–H and O–H groups in total. The van der Waals surface area contributed by atoms with Gasteiger partial charge in [0, 0.05) is 24.2 Å². The Kier molecular flexibility index (Phi) is 4.48. The summed E-state index contributed by atoms with van der Waals surface area (Å²) in [4.78, 5) is 0. The Bertz CT molecular complexity index is 353. The quantitative estimate of drug-likeness (QED) is 0.833. The Morgan fingerprint density at radius 3 is 3.00 bits per heavy atom. The highest BCUT2D eigenvalue weighted by atomic mass is 19.1. The average molecular weight is 238 g/mol. The number of nitrogens with one attached hydrogen (secondary N) is 2. The molecule has 0 aromatic heterocycles. The molecule has 4 heteroatoms. The third-order valence-corrected chi connectivity index (χ3v) is 3.15. The zero-order chi connectivity index (χ0) is 12.1. The lowest BCUT2D eigenvalue weighted by atomic mass is 9.99. The monoisotopic (exact) mass is 238 g/mol. The average Bonchev–Trinajstić information content (AvgIpc) is 2.38. The van der Waals surface area contributed by atoms with Crippen LogP contribution in [0.4, 0.5) is 4.39 Å². The van der Waals surface area contributed by atoms with Gasteiger partial charge in [0.25, 0.3) is 0 Å². The van der Waals surface area contributed by atoms with Gasteiger partial charge in [0.05, 0.1) is 13.2 Å². The molecule has 0 aliphatic carbocycles. The summed E-state index contributed by atoms with van der Waals surface area (Å²) in [5, 5.41) is 6.56. The molecule has 0 bridgehead atoms. The van der Waals surface area contributed by atoms with Crippen LogP contribution < -0.4 is 10.6 Å². The molecule has 1 heterocycles. The number of halogens is 1. The molecule has 1 aromatic carbocycles. The van der Waals surface area contributed by atoms with Crippen LogP contribution in [0.15, 0.2) is 24.3 Å². The molecular weight excluding hydrogens is 219 g/mol. The molecule has 0 amide bonds. The summed E-state index contributed by atoms with van der Waals surface area (Å²) in [6.45, 7) is 2.34. The molecule has 3 nitrogen and oxygen atoms in total. The highest BCUT2D eigenvalue weighted by molar-refractivity contribution is 5.21. The second-order valence-corrected chi connectivity index (χ2v) is 4.32.